The van der Waals surface area contributed by atoms with Crippen LogP contribution in [-0.2, 0) is 16.1 Å². The molecule has 1 atom stereocenters. The third-order valence-electron chi connectivity index (χ3n) is 7.21. The maximum absolute atomic E-state index is 12.3. The Labute approximate surface area is 212 Å². The van der Waals surface area contributed by atoms with Gasteiger partial charge in [0, 0.05) is 0 Å². The van der Waals surface area contributed by atoms with Gasteiger partial charge in [0.05, 0.1) is 0 Å². The van der Waals surface area contributed by atoms with Crippen molar-refractivity contribution in [1.82, 2.24) is 0 Å². The van der Waals surface area contributed by atoms with E-state index in [0.717, 1.165) is 43.4 Å². The molecule has 35 heavy (non-hydrogen) atoms. The van der Waals surface area contributed by atoms with Gasteiger partial charge in [0.2, 0.25) is 0 Å². The van der Waals surface area contributed by atoms with Gasteiger partial charge in [-0.25, -0.2) is 4.79 Å². The third kappa shape index (κ3) is 8.02. The molecule has 0 N–H and O–H groups in total. The fraction of sp³-hybridized carbons (Fsp3) is 0.581. The van der Waals surface area contributed by atoms with Crippen LogP contribution in [0.2, 0.25) is 0 Å². The fourth-order valence-corrected chi connectivity index (χ4v) is 5.07. The second kappa shape index (κ2) is 12.0. The minimum absolute atomic E-state index is 0.0688. The monoisotopic (exact) mass is 480 g/mol. The van der Waals surface area contributed by atoms with Crippen LogP contribution in [0.15, 0.2) is 48.5 Å². The maximum Gasteiger partial charge on any atom is 0.344 e. The Kier molecular flexibility index (Phi) is 9.27. The van der Waals surface area contributed by atoms with Crippen molar-refractivity contribution in [3.63, 3.8) is 0 Å². The molecule has 1 saturated carbocycles. The van der Waals surface area contributed by atoms with Crippen LogP contribution in [0.25, 0.3) is 0 Å². The normalized spacial score (nSPS) is 16.2. The predicted molar refractivity (Wildman–Crippen MR) is 142 cm³/mol. The van der Waals surface area contributed by atoms with E-state index in [0.29, 0.717) is 24.2 Å². The summed E-state index contributed by atoms with van der Waals surface area (Å²) in [4.78, 5) is 12.3. The summed E-state index contributed by atoms with van der Waals surface area (Å²) < 4.78 is 17.4. The highest BCUT2D eigenvalue weighted by molar-refractivity contribution is 5.71. The van der Waals surface area contributed by atoms with Crippen LogP contribution in [0.4, 0.5) is 0 Å². The van der Waals surface area contributed by atoms with Gasteiger partial charge in [-0.1, -0.05) is 65.8 Å². The number of esters is 1. The van der Waals surface area contributed by atoms with Crippen molar-refractivity contribution in [2.75, 3.05) is 6.61 Å². The van der Waals surface area contributed by atoms with E-state index in [1.165, 1.54) is 12.0 Å². The number of rotatable bonds is 11. The maximum atomic E-state index is 12.3. The zero-order chi connectivity index (χ0) is 25.5. The number of hydrogen-bond donors (Lipinski definition) is 0. The van der Waals surface area contributed by atoms with Crippen LogP contribution in [0.3, 0.4) is 0 Å². The van der Waals surface area contributed by atoms with Gasteiger partial charge in [0.15, 0.2) is 6.61 Å². The Morgan fingerprint density at radius 2 is 1.49 bits per heavy atom. The minimum Gasteiger partial charge on any atom is -0.489 e. The molecule has 0 heterocycles. The summed E-state index contributed by atoms with van der Waals surface area (Å²) in [6.45, 7) is 14.1. The number of ether oxygens (including phenoxy) is 3. The Balaban J connectivity index is 1.48. The second-order valence-electron chi connectivity index (χ2n) is 11.6. The van der Waals surface area contributed by atoms with Crippen molar-refractivity contribution in [2.24, 2.45) is 11.3 Å². The van der Waals surface area contributed by atoms with E-state index in [2.05, 4.69) is 65.8 Å². The molecule has 0 radical (unpaired) electrons. The Hall–Kier alpha value is -2.49. The van der Waals surface area contributed by atoms with E-state index >= 15 is 0 Å². The largest absolute Gasteiger partial charge is 0.489 e. The molecule has 4 nitrogen and oxygen atoms in total. The van der Waals surface area contributed by atoms with Crippen molar-refractivity contribution in [3.8, 4) is 11.5 Å². The molecule has 1 aliphatic carbocycles. The molecule has 2 aromatic carbocycles. The lowest BCUT2D eigenvalue weighted by Crippen LogP contribution is -2.33. The van der Waals surface area contributed by atoms with Crippen LogP contribution >= 0.6 is 0 Å². The zero-order valence-electron chi connectivity index (χ0n) is 22.6. The number of benzene rings is 2. The van der Waals surface area contributed by atoms with Gasteiger partial charge in [-0.15, -0.1) is 0 Å². The molecule has 192 valence electrons. The van der Waals surface area contributed by atoms with Gasteiger partial charge < -0.3 is 14.2 Å². The van der Waals surface area contributed by atoms with Crippen LogP contribution in [0, 0.1) is 11.3 Å². The molecule has 0 aromatic heterocycles. The molecule has 1 unspecified atom stereocenters. The van der Waals surface area contributed by atoms with Crippen LogP contribution < -0.4 is 9.47 Å². The fourth-order valence-electron chi connectivity index (χ4n) is 5.07. The standard InChI is InChI=1S/C31H44O4/c1-7-31(18-8-9-19-31)35-29(32)22-34-27-16-14-26(15-17-27)33-21-24-10-12-25(13-11-24)28(20-23(2)3)30(4,5)6/h10-17,23,28H,7-9,18-22H2,1-6H3. The average molecular weight is 481 g/mol. The van der Waals surface area contributed by atoms with Crippen molar-refractivity contribution >= 4 is 5.97 Å². The molecule has 1 aliphatic rings. The first-order valence-electron chi connectivity index (χ1n) is 13.3. The summed E-state index contributed by atoms with van der Waals surface area (Å²) in [6, 6.07) is 16.3. The quantitative estimate of drug-likeness (QED) is 0.305. The molecule has 2 aromatic rings. The molecule has 4 heteroatoms. The van der Waals surface area contributed by atoms with Crippen molar-refractivity contribution in [3.05, 3.63) is 59.7 Å². The van der Waals surface area contributed by atoms with Crippen molar-refractivity contribution in [2.45, 2.75) is 98.2 Å². The van der Waals surface area contributed by atoms with E-state index in [4.69, 9.17) is 14.2 Å². The molecule has 3 rings (SSSR count). The van der Waals surface area contributed by atoms with E-state index in [9.17, 15) is 4.79 Å². The highest BCUT2D eigenvalue weighted by Crippen LogP contribution is 2.40. The highest BCUT2D eigenvalue weighted by Gasteiger charge is 2.35. The molecular formula is C31H44O4. The lowest BCUT2D eigenvalue weighted by atomic mass is 9.72. The number of hydrogen-bond acceptors (Lipinski definition) is 4. The lowest BCUT2D eigenvalue weighted by Gasteiger charge is -2.32. The summed E-state index contributed by atoms with van der Waals surface area (Å²) in [7, 11) is 0. The van der Waals surface area contributed by atoms with E-state index in [1.54, 1.807) is 0 Å². The molecular weight excluding hydrogens is 436 g/mol. The van der Waals surface area contributed by atoms with Crippen LogP contribution in [0.1, 0.15) is 97.1 Å². The summed E-state index contributed by atoms with van der Waals surface area (Å²) in [5.74, 6) is 2.31. The lowest BCUT2D eigenvalue weighted by molar-refractivity contribution is -0.162. The minimum atomic E-state index is -0.292. The van der Waals surface area contributed by atoms with Crippen LogP contribution in [0.5, 0.6) is 11.5 Å². The van der Waals surface area contributed by atoms with Crippen molar-refractivity contribution < 1.29 is 19.0 Å². The topological polar surface area (TPSA) is 44.8 Å². The van der Waals surface area contributed by atoms with Gasteiger partial charge >= 0.3 is 5.97 Å². The molecule has 0 bridgehead atoms. The summed E-state index contributed by atoms with van der Waals surface area (Å²) >= 11 is 0. The second-order valence-corrected chi connectivity index (χ2v) is 11.6. The zero-order valence-corrected chi connectivity index (χ0v) is 22.6. The molecule has 0 aliphatic heterocycles. The smallest absolute Gasteiger partial charge is 0.344 e. The van der Waals surface area contributed by atoms with Gasteiger partial charge in [-0.2, -0.15) is 0 Å². The Morgan fingerprint density at radius 1 is 0.914 bits per heavy atom. The highest BCUT2D eigenvalue weighted by atomic mass is 16.6. The SMILES string of the molecule is CCC1(OC(=O)COc2ccc(OCc3ccc(C(CC(C)C)C(C)(C)C)cc3)cc2)CCCC1. The predicted octanol–water partition coefficient (Wildman–Crippen LogP) is 8.09. The van der Waals surface area contributed by atoms with E-state index in [-0.39, 0.29) is 23.6 Å². The first-order valence-corrected chi connectivity index (χ1v) is 13.3. The van der Waals surface area contributed by atoms with Gasteiger partial charge in [-0.05, 0) is 91.2 Å². The molecule has 0 saturated heterocycles. The number of carbonyl (C=O) groups is 1. The summed E-state index contributed by atoms with van der Waals surface area (Å²) in [5, 5.41) is 0. The first kappa shape index (κ1) is 27.1. The Bertz CT molecular complexity index is 916. The summed E-state index contributed by atoms with van der Waals surface area (Å²) in [5.41, 5.74) is 2.49. The van der Waals surface area contributed by atoms with Gasteiger partial charge in [0.25, 0.3) is 0 Å². The van der Waals surface area contributed by atoms with Gasteiger partial charge in [0.1, 0.15) is 23.7 Å². The van der Waals surface area contributed by atoms with Crippen molar-refractivity contribution in [1.29, 1.82) is 0 Å². The first-order chi connectivity index (χ1) is 16.6. The van der Waals surface area contributed by atoms with E-state index in [1.807, 2.05) is 24.3 Å². The van der Waals surface area contributed by atoms with E-state index < -0.39 is 0 Å². The molecule has 0 spiro atoms. The molecule has 0 amide bonds. The summed E-state index contributed by atoms with van der Waals surface area (Å²) in [6.07, 6.45) is 6.22. The average Bonchev–Trinajstić information content (AvgIpc) is 3.29. The molecule has 1 fully saturated rings. The van der Waals surface area contributed by atoms with Gasteiger partial charge in [-0.3, -0.25) is 0 Å². The number of carbonyl (C=O) groups excluding carboxylic acids is 1. The third-order valence-corrected chi connectivity index (χ3v) is 7.21. The Morgan fingerprint density at radius 3 is 2.00 bits per heavy atom. The van der Waals surface area contributed by atoms with Crippen LogP contribution in [-0.4, -0.2) is 18.2 Å².